The van der Waals surface area contributed by atoms with Gasteiger partial charge < -0.3 is 0 Å². The minimum Gasteiger partial charge on any atom is -0.193 e. The molecule has 0 rings (SSSR count). The van der Waals surface area contributed by atoms with E-state index in [9.17, 15) is 0 Å². The Morgan fingerprint density at radius 3 is 2.80 bits per heavy atom. The van der Waals surface area contributed by atoms with Gasteiger partial charge in [-0.2, -0.15) is 5.26 Å². The van der Waals surface area contributed by atoms with Gasteiger partial charge in [-0.05, 0) is 18.1 Å². The molecule has 0 unspecified atom stereocenters. The summed E-state index contributed by atoms with van der Waals surface area (Å²) in [5.74, 6) is 0. The highest BCUT2D eigenvalue weighted by molar-refractivity contribution is 5.25. The van der Waals surface area contributed by atoms with Crippen molar-refractivity contribution in [3.8, 4) is 6.07 Å². The highest BCUT2D eigenvalue weighted by Crippen LogP contribution is 2.01. The Labute approximate surface area is 62.0 Å². The molecule has 0 aliphatic carbocycles. The van der Waals surface area contributed by atoms with Gasteiger partial charge in [0.1, 0.15) is 0 Å². The molecule has 0 aromatic rings. The van der Waals surface area contributed by atoms with E-state index in [1.165, 1.54) is 6.08 Å². The summed E-state index contributed by atoms with van der Waals surface area (Å²) in [6.07, 6.45) is 7.82. The van der Waals surface area contributed by atoms with Crippen LogP contribution < -0.4 is 0 Å². The second-order valence-electron chi connectivity index (χ2n) is 1.79. The fourth-order valence-corrected chi connectivity index (χ4v) is 0.587. The number of rotatable bonds is 3. The molecule has 10 heavy (non-hydrogen) atoms. The van der Waals surface area contributed by atoms with Gasteiger partial charge in [-0.15, -0.1) is 0 Å². The van der Waals surface area contributed by atoms with Crippen LogP contribution in [0.3, 0.4) is 0 Å². The molecule has 0 aromatic heterocycles. The van der Waals surface area contributed by atoms with Crippen LogP contribution in [0, 0.1) is 11.3 Å². The zero-order chi connectivity index (χ0) is 7.82. The summed E-state index contributed by atoms with van der Waals surface area (Å²) in [6, 6.07) is 1.94. The molecule has 0 atom stereocenters. The Balaban J connectivity index is 4.11. The molecular formula is C9H11N. The highest BCUT2D eigenvalue weighted by Gasteiger charge is 1.82. The van der Waals surface area contributed by atoms with Crippen LogP contribution in [0.25, 0.3) is 0 Å². The average Bonchev–Trinajstić information content (AvgIpc) is 1.98. The summed E-state index contributed by atoms with van der Waals surface area (Å²) in [6.45, 7) is 5.60. The van der Waals surface area contributed by atoms with E-state index in [0.29, 0.717) is 0 Å². The van der Waals surface area contributed by atoms with Gasteiger partial charge in [0.25, 0.3) is 0 Å². The molecule has 0 N–H and O–H groups in total. The summed E-state index contributed by atoms with van der Waals surface area (Å²) >= 11 is 0. The molecule has 1 nitrogen and oxygen atoms in total. The molecule has 0 fully saturated rings. The van der Waals surface area contributed by atoms with Crippen molar-refractivity contribution in [3.63, 3.8) is 0 Å². The number of allylic oxidation sites excluding steroid dienone is 5. The maximum absolute atomic E-state index is 8.19. The normalized spacial score (nSPS) is 11.4. The summed E-state index contributed by atoms with van der Waals surface area (Å²) in [4.78, 5) is 0. The van der Waals surface area contributed by atoms with Crippen LogP contribution in [0.5, 0.6) is 0 Å². The molecular weight excluding hydrogens is 122 g/mol. The van der Waals surface area contributed by atoms with E-state index in [4.69, 9.17) is 5.26 Å². The Bertz CT molecular complexity index is 191. The third-order valence-electron chi connectivity index (χ3n) is 1.11. The lowest BCUT2D eigenvalue weighted by Gasteiger charge is -1.90. The smallest absolute Gasteiger partial charge is 0.0912 e. The topological polar surface area (TPSA) is 23.8 Å². The summed E-state index contributed by atoms with van der Waals surface area (Å²) in [5.41, 5.74) is 1.12. The zero-order valence-corrected chi connectivity index (χ0v) is 6.17. The minimum absolute atomic E-state index is 0.935. The molecule has 0 spiro atoms. The summed E-state index contributed by atoms with van der Waals surface area (Å²) in [5, 5.41) is 8.19. The van der Waals surface area contributed by atoms with Crippen molar-refractivity contribution in [1.82, 2.24) is 0 Å². The molecule has 0 radical (unpaired) electrons. The quantitative estimate of drug-likeness (QED) is 0.429. The molecule has 0 bridgehead atoms. The summed E-state index contributed by atoms with van der Waals surface area (Å²) in [7, 11) is 0. The van der Waals surface area contributed by atoms with Gasteiger partial charge in [-0.25, -0.2) is 0 Å². The predicted octanol–water partition coefficient (Wildman–Crippen LogP) is 2.59. The van der Waals surface area contributed by atoms with E-state index in [1.54, 1.807) is 12.2 Å². The lowest BCUT2D eigenvalue weighted by molar-refractivity contribution is 1.15. The molecule has 52 valence electrons. The molecule has 0 aliphatic rings. The van der Waals surface area contributed by atoms with E-state index >= 15 is 0 Å². The third kappa shape index (κ3) is 3.68. The maximum atomic E-state index is 8.19. The first-order chi connectivity index (χ1) is 4.85. The second-order valence-corrected chi connectivity index (χ2v) is 1.79. The van der Waals surface area contributed by atoms with Crippen molar-refractivity contribution in [2.24, 2.45) is 0 Å². The monoisotopic (exact) mass is 133 g/mol. The molecule has 0 aliphatic heterocycles. The third-order valence-corrected chi connectivity index (χ3v) is 1.11. The van der Waals surface area contributed by atoms with Crippen LogP contribution in [0.15, 0.2) is 36.5 Å². The van der Waals surface area contributed by atoms with Crippen LogP contribution in [0.1, 0.15) is 13.3 Å². The lowest BCUT2D eigenvalue weighted by Crippen LogP contribution is -1.71. The van der Waals surface area contributed by atoms with Gasteiger partial charge in [0.05, 0.1) is 6.07 Å². The average molecular weight is 133 g/mol. The van der Waals surface area contributed by atoms with Crippen LogP contribution in [0.4, 0.5) is 0 Å². The molecule has 0 amide bonds. The Morgan fingerprint density at radius 2 is 2.40 bits per heavy atom. The number of nitriles is 1. The van der Waals surface area contributed by atoms with Crippen LogP contribution >= 0.6 is 0 Å². The van der Waals surface area contributed by atoms with Crippen LogP contribution in [-0.4, -0.2) is 0 Å². The number of hydrogen-bond donors (Lipinski definition) is 0. The van der Waals surface area contributed by atoms with E-state index in [-0.39, 0.29) is 0 Å². The fraction of sp³-hybridized carbons (Fsp3) is 0.222. The van der Waals surface area contributed by atoms with Crippen LogP contribution in [-0.2, 0) is 0 Å². The van der Waals surface area contributed by atoms with Gasteiger partial charge in [0.15, 0.2) is 0 Å². The van der Waals surface area contributed by atoms with E-state index in [0.717, 1.165) is 12.0 Å². The summed E-state index contributed by atoms with van der Waals surface area (Å²) < 4.78 is 0. The SMILES string of the molecule is C=C/C=C(\C=C/C#N)CC. The Hall–Kier alpha value is -1.29. The van der Waals surface area contributed by atoms with Gasteiger partial charge in [0.2, 0.25) is 0 Å². The Morgan fingerprint density at radius 1 is 1.70 bits per heavy atom. The van der Waals surface area contributed by atoms with E-state index in [2.05, 4.69) is 6.58 Å². The number of nitrogens with zero attached hydrogens (tertiary/aromatic N) is 1. The van der Waals surface area contributed by atoms with Gasteiger partial charge >= 0.3 is 0 Å². The first-order valence-electron chi connectivity index (χ1n) is 3.23. The second kappa shape index (κ2) is 5.84. The molecule has 0 heterocycles. The largest absolute Gasteiger partial charge is 0.193 e. The van der Waals surface area contributed by atoms with Crippen molar-refractivity contribution in [2.45, 2.75) is 13.3 Å². The zero-order valence-electron chi connectivity index (χ0n) is 6.17. The van der Waals surface area contributed by atoms with Crippen molar-refractivity contribution in [2.75, 3.05) is 0 Å². The van der Waals surface area contributed by atoms with Gasteiger partial charge in [-0.1, -0.05) is 25.7 Å². The molecule has 0 saturated carbocycles. The van der Waals surface area contributed by atoms with Gasteiger partial charge in [-0.3, -0.25) is 0 Å². The first kappa shape index (κ1) is 8.71. The van der Waals surface area contributed by atoms with Crippen molar-refractivity contribution in [3.05, 3.63) is 36.5 Å². The minimum atomic E-state index is 0.935. The van der Waals surface area contributed by atoms with Crippen LogP contribution in [0.2, 0.25) is 0 Å². The molecule has 1 heteroatoms. The standard InChI is InChI=1S/C9H11N/c1-3-6-9(4-2)7-5-8-10/h3,5-7H,1,4H2,2H3/b7-5-,9-6-. The Kier molecular flexibility index (Phi) is 5.09. The van der Waals surface area contributed by atoms with Crippen molar-refractivity contribution >= 4 is 0 Å². The van der Waals surface area contributed by atoms with Crippen molar-refractivity contribution in [1.29, 1.82) is 5.26 Å². The van der Waals surface area contributed by atoms with Crippen molar-refractivity contribution < 1.29 is 0 Å². The molecule has 0 saturated heterocycles. The first-order valence-corrected chi connectivity index (χ1v) is 3.23. The highest BCUT2D eigenvalue weighted by atomic mass is 14.2. The number of hydrogen-bond acceptors (Lipinski definition) is 1. The van der Waals surface area contributed by atoms with Gasteiger partial charge in [0, 0.05) is 6.08 Å². The fourth-order valence-electron chi connectivity index (χ4n) is 0.587. The van der Waals surface area contributed by atoms with E-state index in [1.807, 2.05) is 19.1 Å². The predicted molar refractivity (Wildman–Crippen MR) is 43.3 cm³/mol. The maximum Gasteiger partial charge on any atom is 0.0912 e. The van der Waals surface area contributed by atoms with E-state index < -0.39 is 0 Å². The molecule has 0 aromatic carbocycles. The lowest BCUT2D eigenvalue weighted by atomic mass is 10.2.